The molecule has 0 bridgehead atoms. The Morgan fingerprint density at radius 3 is 2.66 bits per heavy atom. The zero-order valence-electron chi connectivity index (χ0n) is 20.0. The van der Waals surface area contributed by atoms with Crippen LogP contribution in [0.3, 0.4) is 0 Å². The summed E-state index contributed by atoms with van der Waals surface area (Å²) >= 11 is 0. The number of pyridine rings is 1. The van der Waals surface area contributed by atoms with E-state index in [1.165, 1.54) is 6.20 Å². The minimum atomic E-state index is -1.03. The molecule has 9 heteroatoms. The Bertz CT molecular complexity index is 1480. The van der Waals surface area contributed by atoms with Gasteiger partial charge in [0.2, 0.25) is 0 Å². The summed E-state index contributed by atoms with van der Waals surface area (Å²) in [4.78, 5) is 34.4. The number of aromatic nitrogens is 3. The summed E-state index contributed by atoms with van der Waals surface area (Å²) in [6.45, 7) is 3.58. The number of carbonyl (C=O) groups is 1. The highest BCUT2D eigenvalue weighted by Crippen LogP contribution is 2.37. The van der Waals surface area contributed by atoms with Crippen molar-refractivity contribution in [1.29, 1.82) is 0 Å². The van der Waals surface area contributed by atoms with Crippen LogP contribution in [-0.2, 0) is 11.3 Å². The molecule has 182 valence electrons. The van der Waals surface area contributed by atoms with E-state index in [0.717, 1.165) is 27.5 Å². The van der Waals surface area contributed by atoms with E-state index in [-0.39, 0.29) is 17.3 Å². The topological polar surface area (TPSA) is 110 Å². The molecule has 2 aromatic carbocycles. The van der Waals surface area contributed by atoms with Crippen LogP contribution in [0.4, 0.5) is 5.69 Å². The minimum absolute atomic E-state index is 0.0272. The van der Waals surface area contributed by atoms with E-state index in [0.29, 0.717) is 49.5 Å². The summed E-state index contributed by atoms with van der Waals surface area (Å²) in [7, 11) is 3.20. The number of nitrogens with zero attached hydrogens (tertiary/aromatic N) is 3. The number of aromatic amines is 1. The molecule has 1 fully saturated rings. The molecule has 0 aliphatic carbocycles. The van der Waals surface area contributed by atoms with Crippen LogP contribution in [-0.4, -0.2) is 52.9 Å². The van der Waals surface area contributed by atoms with Gasteiger partial charge in [-0.1, -0.05) is 6.07 Å². The van der Waals surface area contributed by atoms with Gasteiger partial charge in [-0.15, -0.1) is 0 Å². The van der Waals surface area contributed by atoms with Crippen molar-refractivity contribution >= 4 is 33.6 Å². The van der Waals surface area contributed by atoms with Gasteiger partial charge in [0.25, 0.3) is 0 Å². The third-order valence-corrected chi connectivity index (χ3v) is 6.79. The van der Waals surface area contributed by atoms with Crippen LogP contribution in [0.2, 0.25) is 0 Å². The fraction of sp³-hybridized carbons (Fsp3) is 0.346. The van der Waals surface area contributed by atoms with Crippen molar-refractivity contribution in [2.75, 3.05) is 32.2 Å². The first-order valence-electron chi connectivity index (χ1n) is 11.6. The van der Waals surface area contributed by atoms with Crippen LogP contribution in [0.1, 0.15) is 40.4 Å². The lowest BCUT2D eigenvalue weighted by Gasteiger charge is -2.35. The maximum Gasteiger partial charge on any atom is 0.339 e. The van der Waals surface area contributed by atoms with Gasteiger partial charge in [-0.05, 0) is 49.6 Å². The monoisotopic (exact) mass is 476 g/mol. The Balaban J connectivity index is 1.52. The predicted molar refractivity (Wildman–Crippen MR) is 134 cm³/mol. The van der Waals surface area contributed by atoms with Crippen molar-refractivity contribution in [3.63, 3.8) is 0 Å². The SMILES string of the molecule is COCc1cc2ncc(C(=O)O)c(N3CCC(n4c(=O)[nH]c5cc(C)ccc54)CC3)c2cc1OC. The highest BCUT2D eigenvalue weighted by atomic mass is 16.5. The van der Waals surface area contributed by atoms with Crippen LogP contribution in [0.25, 0.3) is 21.9 Å². The number of nitrogens with one attached hydrogen (secondary N) is 1. The maximum absolute atomic E-state index is 12.8. The first-order chi connectivity index (χ1) is 16.9. The van der Waals surface area contributed by atoms with E-state index in [2.05, 4.69) is 14.9 Å². The number of H-pyrrole nitrogens is 1. The fourth-order valence-electron chi connectivity index (χ4n) is 5.16. The van der Waals surface area contributed by atoms with Gasteiger partial charge < -0.3 is 24.5 Å². The number of hydrogen-bond acceptors (Lipinski definition) is 6. The highest BCUT2D eigenvalue weighted by molar-refractivity contribution is 6.05. The normalized spacial score (nSPS) is 14.7. The molecule has 5 rings (SSSR count). The summed E-state index contributed by atoms with van der Waals surface area (Å²) in [6, 6.07) is 9.73. The Morgan fingerprint density at radius 2 is 1.97 bits per heavy atom. The molecule has 9 nitrogen and oxygen atoms in total. The number of hydrogen-bond donors (Lipinski definition) is 2. The molecule has 0 amide bonds. The molecule has 4 aromatic rings. The van der Waals surface area contributed by atoms with Crippen molar-refractivity contribution in [3.05, 3.63) is 63.7 Å². The molecular formula is C26H28N4O5. The lowest BCUT2D eigenvalue weighted by Crippen LogP contribution is -2.37. The van der Waals surface area contributed by atoms with E-state index < -0.39 is 5.97 Å². The van der Waals surface area contributed by atoms with Gasteiger partial charge in [0.1, 0.15) is 11.3 Å². The molecule has 1 saturated heterocycles. The first-order valence-corrected chi connectivity index (χ1v) is 11.6. The van der Waals surface area contributed by atoms with Crippen LogP contribution in [0.5, 0.6) is 5.75 Å². The lowest BCUT2D eigenvalue weighted by atomic mass is 10.00. The molecule has 1 aliphatic heterocycles. The second-order valence-corrected chi connectivity index (χ2v) is 8.98. The third-order valence-electron chi connectivity index (χ3n) is 6.79. The van der Waals surface area contributed by atoms with Gasteiger partial charge in [-0.2, -0.15) is 0 Å². The predicted octanol–water partition coefficient (Wildman–Crippen LogP) is 3.88. The van der Waals surface area contributed by atoms with Crippen molar-refractivity contribution in [2.24, 2.45) is 0 Å². The Kier molecular flexibility index (Phi) is 5.94. The van der Waals surface area contributed by atoms with Crippen molar-refractivity contribution in [3.8, 4) is 5.75 Å². The molecule has 0 saturated carbocycles. The molecule has 1 aliphatic rings. The molecular weight excluding hydrogens is 448 g/mol. The number of ether oxygens (including phenoxy) is 2. The number of fused-ring (bicyclic) bond motifs is 2. The number of piperidine rings is 1. The Labute approximate surface area is 201 Å². The standard InChI is InChI=1S/C26H28N4O5/c1-15-4-5-22-21(10-15)28-26(33)30(22)17-6-8-29(9-7-17)24-18-12-23(35-3)16(14-34-2)11-20(18)27-13-19(24)25(31)32/h4-5,10-13,17H,6-9,14H2,1-3H3,(H,28,33)(H,31,32). The number of methoxy groups -OCH3 is 2. The summed E-state index contributed by atoms with van der Waals surface area (Å²) < 4.78 is 12.7. The van der Waals surface area contributed by atoms with E-state index in [1.807, 2.05) is 41.8 Å². The zero-order valence-corrected chi connectivity index (χ0v) is 20.0. The second kappa shape index (κ2) is 9.07. The highest BCUT2D eigenvalue weighted by Gasteiger charge is 2.28. The molecule has 2 aromatic heterocycles. The summed E-state index contributed by atoms with van der Waals surface area (Å²) in [5.74, 6) is -0.403. The number of imidazole rings is 1. The lowest BCUT2D eigenvalue weighted by molar-refractivity contribution is 0.0697. The molecule has 0 unspecified atom stereocenters. The fourth-order valence-corrected chi connectivity index (χ4v) is 5.16. The molecule has 0 spiro atoms. The zero-order chi connectivity index (χ0) is 24.7. The minimum Gasteiger partial charge on any atom is -0.496 e. The molecule has 3 heterocycles. The number of benzene rings is 2. The van der Waals surface area contributed by atoms with Crippen molar-refractivity contribution in [2.45, 2.75) is 32.4 Å². The molecule has 2 N–H and O–H groups in total. The van der Waals surface area contributed by atoms with E-state index in [4.69, 9.17) is 9.47 Å². The van der Waals surface area contributed by atoms with E-state index >= 15 is 0 Å². The first kappa shape index (κ1) is 22.9. The van der Waals surface area contributed by atoms with E-state index in [1.54, 1.807) is 14.2 Å². The van der Waals surface area contributed by atoms with Crippen LogP contribution in [0.15, 0.2) is 41.3 Å². The van der Waals surface area contributed by atoms with Crippen LogP contribution >= 0.6 is 0 Å². The largest absolute Gasteiger partial charge is 0.496 e. The Morgan fingerprint density at radius 1 is 1.20 bits per heavy atom. The van der Waals surface area contributed by atoms with Crippen molar-refractivity contribution in [1.82, 2.24) is 14.5 Å². The number of aryl methyl sites for hydroxylation is 1. The third kappa shape index (κ3) is 4.01. The smallest absolute Gasteiger partial charge is 0.339 e. The number of aromatic carboxylic acids is 1. The van der Waals surface area contributed by atoms with E-state index in [9.17, 15) is 14.7 Å². The van der Waals surface area contributed by atoms with Gasteiger partial charge >= 0.3 is 11.7 Å². The summed E-state index contributed by atoms with van der Waals surface area (Å²) in [6.07, 6.45) is 2.84. The average Bonchev–Trinajstić information content (AvgIpc) is 3.17. The van der Waals surface area contributed by atoms with Crippen LogP contribution < -0.4 is 15.3 Å². The van der Waals surface area contributed by atoms with Gasteiger partial charge in [-0.3, -0.25) is 9.55 Å². The molecule has 0 radical (unpaired) electrons. The number of rotatable bonds is 6. The number of carboxylic acid groups (broad SMARTS) is 1. The number of carboxylic acids is 1. The maximum atomic E-state index is 12.8. The van der Waals surface area contributed by atoms with Gasteiger partial charge in [0.05, 0.1) is 36.0 Å². The molecule has 35 heavy (non-hydrogen) atoms. The summed E-state index contributed by atoms with van der Waals surface area (Å²) in [5.41, 5.74) is 5.03. The average molecular weight is 477 g/mol. The van der Waals surface area contributed by atoms with Crippen LogP contribution in [0, 0.1) is 6.92 Å². The summed E-state index contributed by atoms with van der Waals surface area (Å²) in [5, 5.41) is 10.7. The van der Waals surface area contributed by atoms with Gasteiger partial charge in [-0.25, -0.2) is 9.59 Å². The van der Waals surface area contributed by atoms with Gasteiger partial charge in [0, 0.05) is 43.4 Å². The van der Waals surface area contributed by atoms with Crippen molar-refractivity contribution < 1.29 is 19.4 Å². The van der Waals surface area contributed by atoms with Gasteiger partial charge in [0.15, 0.2) is 0 Å². The Hall–Kier alpha value is -3.85. The second-order valence-electron chi connectivity index (χ2n) is 8.98. The molecule has 0 atom stereocenters. The number of anilines is 1. The quantitative estimate of drug-likeness (QED) is 0.435.